The lowest BCUT2D eigenvalue weighted by Crippen LogP contribution is -2.33. The van der Waals surface area contributed by atoms with Gasteiger partial charge in [-0.2, -0.15) is 10.4 Å². The number of hydrogen-bond donors (Lipinski definition) is 1. The van der Waals surface area contributed by atoms with Crippen LogP contribution in [0.4, 0.5) is 14.6 Å². The molecule has 1 aliphatic heterocycles. The number of alkyl halides is 2. The van der Waals surface area contributed by atoms with Crippen molar-refractivity contribution in [1.29, 1.82) is 5.26 Å². The Hall–Kier alpha value is -1.64. The normalized spacial score (nSPS) is 24.5. The first kappa shape index (κ1) is 9.90. The van der Waals surface area contributed by atoms with Crippen molar-refractivity contribution in [2.24, 2.45) is 0 Å². The van der Waals surface area contributed by atoms with Crippen molar-refractivity contribution in [2.45, 2.75) is 31.9 Å². The summed E-state index contributed by atoms with van der Waals surface area (Å²) in [4.78, 5) is 0. The molecule has 0 radical (unpaired) electrons. The van der Waals surface area contributed by atoms with E-state index in [9.17, 15) is 8.78 Å². The second kappa shape index (κ2) is 3.50. The zero-order valence-corrected chi connectivity index (χ0v) is 8.11. The Kier molecular flexibility index (Phi) is 2.31. The highest BCUT2D eigenvalue weighted by Crippen LogP contribution is 2.32. The number of anilines is 1. The summed E-state index contributed by atoms with van der Waals surface area (Å²) in [5, 5.41) is 15.6. The van der Waals surface area contributed by atoms with Gasteiger partial charge < -0.3 is 5.32 Å². The summed E-state index contributed by atoms with van der Waals surface area (Å²) in [6.07, 6.45) is -0.827. The maximum Gasteiger partial charge on any atom is 0.260 e. The molecule has 0 fully saturated rings. The standard InChI is InChI=1S/C9H10F2N4/c1-5-2-7(8(10)11)15-9(14-5)6(3-12)4-13-15/h4-5,7-8,14H,2H2,1H3. The van der Waals surface area contributed by atoms with Crippen molar-refractivity contribution in [1.82, 2.24) is 9.78 Å². The van der Waals surface area contributed by atoms with E-state index in [0.717, 1.165) is 0 Å². The van der Waals surface area contributed by atoms with Crippen LogP contribution in [0.5, 0.6) is 0 Å². The summed E-state index contributed by atoms with van der Waals surface area (Å²) in [5.74, 6) is 0.404. The number of halogens is 2. The van der Waals surface area contributed by atoms with Crippen LogP contribution in [0.25, 0.3) is 0 Å². The average Bonchev–Trinajstić information content (AvgIpc) is 2.58. The number of fused-ring (bicyclic) bond motifs is 1. The SMILES string of the molecule is CC1CC(C(F)F)n2ncc(C#N)c2N1. The number of nitrogens with zero attached hydrogens (tertiary/aromatic N) is 3. The van der Waals surface area contributed by atoms with Crippen LogP contribution in [0.2, 0.25) is 0 Å². The van der Waals surface area contributed by atoms with Gasteiger partial charge in [0.1, 0.15) is 23.5 Å². The minimum atomic E-state index is -2.46. The molecule has 0 saturated heterocycles. The summed E-state index contributed by atoms with van der Waals surface area (Å²) in [6.45, 7) is 1.81. The van der Waals surface area contributed by atoms with Gasteiger partial charge in [0.05, 0.1) is 6.20 Å². The van der Waals surface area contributed by atoms with Crippen LogP contribution in [0.3, 0.4) is 0 Å². The fourth-order valence-electron chi connectivity index (χ4n) is 1.80. The zero-order valence-electron chi connectivity index (χ0n) is 8.11. The van der Waals surface area contributed by atoms with Gasteiger partial charge in [-0.3, -0.25) is 0 Å². The molecule has 1 aromatic heterocycles. The predicted octanol–water partition coefficient (Wildman–Crippen LogP) is 1.77. The number of rotatable bonds is 1. The molecule has 2 unspecified atom stereocenters. The van der Waals surface area contributed by atoms with E-state index >= 15 is 0 Å². The average molecular weight is 212 g/mol. The minimum absolute atomic E-state index is 0.0692. The lowest BCUT2D eigenvalue weighted by Gasteiger charge is -2.29. The van der Waals surface area contributed by atoms with Crippen LogP contribution in [0.15, 0.2) is 6.20 Å². The van der Waals surface area contributed by atoms with Crippen LogP contribution in [0, 0.1) is 11.3 Å². The Morgan fingerprint density at radius 2 is 2.47 bits per heavy atom. The molecule has 4 nitrogen and oxygen atoms in total. The largest absolute Gasteiger partial charge is 0.367 e. The molecular formula is C9H10F2N4. The molecule has 2 atom stereocenters. The molecule has 0 saturated carbocycles. The van der Waals surface area contributed by atoms with Crippen LogP contribution in [0.1, 0.15) is 24.9 Å². The number of hydrogen-bond acceptors (Lipinski definition) is 3. The van der Waals surface area contributed by atoms with Gasteiger partial charge in [0.15, 0.2) is 0 Å². The molecule has 80 valence electrons. The summed E-state index contributed by atoms with van der Waals surface area (Å²) in [6, 6.07) is 0.923. The molecule has 0 amide bonds. The predicted molar refractivity (Wildman–Crippen MR) is 49.7 cm³/mol. The molecule has 0 aliphatic carbocycles. The van der Waals surface area contributed by atoms with Gasteiger partial charge in [-0.1, -0.05) is 0 Å². The Bertz CT molecular complexity index is 407. The molecule has 1 aliphatic rings. The van der Waals surface area contributed by atoms with Crippen LogP contribution in [-0.4, -0.2) is 22.2 Å². The first-order valence-corrected chi connectivity index (χ1v) is 4.65. The topological polar surface area (TPSA) is 53.6 Å². The Morgan fingerprint density at radius 1 is 1.73 bits per heavy atom. The maximum absolute atomic E-state index is 12.7. The minimum Gasteiger partial charge on any atom is -0.367 e. The van der Waals surface area contributed by atoms with E-state index in [1.807, 2.05) is 13.0 Å². The molecule has 2 heterocycles. The van der Waals surface area contributed by atoms with Gasteiger partial charge in [-0.15, -0.1) is 0 Å². The third-order valence-corrected chi connectivity index (χ3v) is 2.50. The molecule has 0 spiro atoms. The molecular weight excluding hydrogens is 202 g/mol. The van der Waals surface area contributed by atoms with Gasteiger partial charge in [0, 0.05) is 6.04 Å². The molecule has 15 heavy (non-hydrogen) atoms. The smallest absolute Gasteiger partial charge is 0.260 e. The molecule has 0 aromatic carbocycles. The highest BCUT2D eigenvalue weighted by Gasteiger charge is 2.32. The molecule has 0 bridgehead atoms. The fourth-order valence-corrected chi connectivity index (χ4v) is 1.80. The number of nitrogens with one attached hydrogen (secondary N) is 1. The van der Waals surface area contributed by atoms with E-state index in [0.29, 0.717) is 17.8 Å². The molecule has 1 aromatic rings. The fraction of sp³-hybridized carbons (Fsp3) is 0.556. The van der Waals surface area contributed by atoms with Crippen LogP contribution >= 0.6 is 0 Å². The highest BCUT2D eigenvalue weighted by atomic mass is 19.3. The third-order valence-electron chi connectivity index (χ3n) is 2.50. The first-order valence-electron chi connectivity index (χ1n) is 4.65. The van der Waals surface area contributed by atoms with Gasteiger partial charge >= 0.3 is 0 Å². The molecule has 6 heteroatoms. The van der Waals surface area contributed by atoms with Gasteiger partial charge in [0.25, 0.3) is 6.43 Å². The second-order valence-corrected chi connectivity index (χ2v) is 3.65. The zero-order chi connectivity index (χ0) is 11.0. The lowest BCUT2D eigenvalue weighted by atomic mass is 10.1. The van der Waals surface area contributed by atoms with Gasteiger partial charge in [0.2, 0.25) is 0 Å². The van der Waals surface area contributed by atoms with Gasteiger partial charge in [-0.25, -0.2) is 13.5 Å². The Labute approximate surface area is 85.5 Å². The van der Waals surface area contributed by atoms with Gasteiger partial charge in [-0.05, 0) is 13.3 Å². The van der Waals surface area contributed by atoms with E-state index in [1.54, 1.807) is 0 Å². The lowest BCUT2D eigenvalue weighted by molar-refractivity contribution is 0.0668. The van der Waals surface area contributed by atoms with Crippen molar-refractivity contribution in [3.8, 4) is 6.07 Å². The monoisotopic (exact) mass is 212 g/mol. The summed E-state index contributed by atoms with van der Waals surface area (Å²) < 4.78 is 26.6. The van der Waals surface area contributed by atoms with E-state index in [4.69, 9.17) is 5.26 Å². The van der Waals surface area contributed by atoms with Crippen molar-refractivity contribution in [3.05, 3.63) is 11.8 Å². The summed E-state index contributed by atoms with van der Waals surface area (Å²) >= 11 is 0. The van der Waals surface area contributed by atoms with Crippen LogP contribution in [-0.2, 0) is 0 Å². The first-order chi connectivity index (χ1) is 7.13. The van der Waals surface area contributed by atoms with Crippen molar-refractivity contribution < 1.29 is 8.78 Å². The molecule has 1 N–H and O–H groups in total. The summed E-state index contributed by atoms with van der Waals surface area (Å²) in [7, 11) is 0. The Balaban J connectivity index is 2.44. The quantitative estimate of drug-likeness (QED) is 0.771. The second-order valence-electron chi connectivity index (χ2n) is 3.65. The molecule has 2 rings (SSSR count). The highest BCUT2D eigenvalue weighted by molar-refractivity contribution is 5.53. The van der Waals surface area contributed by atoms with E-state index < -0.39 is 12.5 Å². The van der Waals surface area contributed by atoms with E-state index in [-0.39, 0.29) is 6.04 Å². The van der Waals surface area contributed by atoms with E-state index in [1.165, 1.54) is 10.9 Å². The third kappa shape index (κ3) is 1.54. The van der Waals surface area contributed by atoms with Crippen LogP contribution < -0.4 is 5.32 Å². The Morgan fingerprint density at radius 3 is 3.07 bits per heavy atom. The maximum atomic E-state index is 12.7. The van der Waals surface area contributed by atoms with Crippen molar-refractivity contribution in [3.63, 3.8) is 0 Å². The van der Waals surface area contributed by atoms with E-state index in [2.05, 4.69) is 10.4 Å². The van der Waals surface area contributed by atoms with Crippen molar-refractivity contribution in [2.75, 3.05) is 5.32 Å². The summed E-state index contributed by atoms with van der Waals surface area (Å²) in [5.41, 5.74) is 0.312. The number of nitriles is 1. The number of aromatic nitrogens is 2. The van der Waals surface area contributed by atoms with Crippen molar-refractivity contribution >= 4 is 5.82 Å².